The molecule has 1 N–H and O–H groups in total. The van der Waals surface area contributed by atoms with E-state index in [1.54, 1.807) is 6.07 Å². The number of carbonyl (C=O) groups excluding carboxylic acids is 1. The van der Waals surface area contributed by atoms with Crippen LogP contribution in [0.15, 0.2) is 18.2 Å². The lowest BCUT2D eigenvalue weighted by molar-refractivity contribution is 0.112. The van der Waals surface area contributed by atoms with Gasteiger partial charge in [-0.3, -0.25) is 4.79 Å². The van der Waals surface area contributed by atoms with E-state index in [1.165, 1.54) is 18.6 Å². The summed E-state index contributed by atoms with van der Waals surface area (Å²) in [6.07, 6.45) is 3.94. The maximum atomic E-state index is 13.4. The van der Waals surface area contributed by atoms with E-state index in [9.17, 15) is 9.18 Å². The molecule has 0 aliphatic heterocycles. The van der Waals surface area contributed by atoms with Gasteiger partial charge in [0.15, 0.2) is 0 Å². The second kappa shape index (κ2) is 5.27. The number of hydrogen-bond acceptors (Lipinski definition) is 3. The molecule has 2 rings (SSSR count). The second-order valence-electron chi connectivity index (χ2n) is 4.36. The summed E-state index contributed by atoms with van der Waals surface area (Å²) in [6, 6.07) is 4.67. The normalized spacial score (nSPS) is 15.4. The second-order valence-corrected chi connectivity index (χ2v) is 4.36. The first-order valence-electron chi connectivity index (χ1n) is 5.88. The minimum Gasteiger partial charge on any atom is -0.395 e. The maximum absolute atomic E-state index is 13.4. The summed E-state index contributed by atoms with van der Waals surface area (Å²) in [5, 5.41) is 9.06. The van der Waals surface area contributed by atoms with Gasteiger partial charge in [-0.25, -0.2) is 4.39 Å². The van der Waals surface area contributed by atoms with Crippen LogP contribution in [0.25, 0.3) is 0 Å². The van der Waals surface area contributed by atoms with Gasteiger partial charge in [0.25, 0.3) is 0 Å². The molecule has 92 valence electrons. The summed E-state index contributed by atoms with van der Waals surface area (Å²) in [5.74, 6) is -0.410. The summed E-state index contributed by atoms with van der Waals surface area (Å²) in [4.78, 5) is 12.7. The number of benzene rings is 1. The van der Waals surface area contributed by atoms with Crippen LogP contribution in [-0.4, -0.2) is 30.6 Å². The highest BCUT2D eigenvalue weighted by atomic mass is 19.1. The highest BCUT2D eigenvalue weighted by Crippen LogP contribution is 2.30. The van der Waals surface area contributed by atoms with Gasteiger partial charge < -0.3 is 10.0 Å². The Morgan fingerprint density at radius 2 is 2.18 bits per heavy atom. The molecular weight excluding hydrogens is 221 g/mol. The molecule has 0 heterocycles. The molecule has 1 aliphatic rings. The summed E-state index contributed by atoms with van der Waals surface area (Å²) < 4.78 is 13.4. The van der Waals surface area contributed by atoms with E-state index >= 15 is 0 Å². The van der Waals surface area contributed by atoms with Crippen LogP contribution in [0.2, 0.25) is 0 Å². The lowest BCUT2D eigenvalue weighted by Crippen LogP contribution is -2.42. The van der Waals surface area contributed by atoms with Gasteiger partial charge in [0.2, 0.25) is 0 Å². The van der Waals surface area contributed by atoms with Crippen molar-refractivity contribution in [2.24, 2.45) is 0 Å². The van der Waals surface area contributed by atoms with Crippen molar-refractivity contribution >= 4 is 12.0 Å². The Bertz CT molecular complexity index is 404. The number of rotatable bonds is 5. The van der Waals surface area contributed by atoms with Crippen LogP contribution < -0.4 is 4.90 Å². The fraction of sp³-hybridized carbons (Fsp3) is 0.462. The fourth-order valence-electron chi connectivity index (χ4n) is 2.16. The quantitative estimate of drug-likeness (QED) is 0.796. The highest BCUT2D eigenvalue weighted by molar-refractivity contribution is 5.77. The zero-order valence-corrected chi connectivity index (χ0v) is 9.60. The van der Waals surface area contributed by atoms with Gasteiger partial charge in [0.05, 0.1) is 6.61 Å². The molecule has 17 heavy (non-hydrogen) atoms. The van der Waals surface area contributed by atoms with Crippen LogP contribution in [0.3, 0.4) is 0 Å². The molecular formula is C13H16FNO2. The molecule has 3 nitrogen and oxygen atoms in total. The Hall–Kier alpha value is -1.42. The van der Waals surface area contributed by atoms with Crippen molar-refractivity contribution in [3.8, 4) is 0 Å². The van der Waals surface area contributed by atoms with Crippen molar-refractivity contribution in [1.29, 1.82) is 0 Å². The zero-order chi connectivity index (χ0) is 12.3. The Kier molecular flexibility index (Phi) is 3.74. The van der Waals surface area contributed by atoms with Gasteiger partial charge in [0, 0.05) is 23.8 Å². The molecule has 4 heteroatoms. The smallest absolute Gasteiger partial charge is 0.150 e. The van der Waals surface area contributed by atoms with Crippen LogP contribution in [0, 0.1) is 5.82 Å². The third kappa shape index (κ3) is 2.64. The summed E-state index contributed by atoms with van der Waals surface area (Å²) in [5.41, 5.74) is 1.02. The van der Waals surface area contributed by atoms with Crippen LogP contribution in [0.1, 0.15) is 29.6 Å². The van der Waals surface area contributed by atoms with Gasteiger partial charge >= 0.3 is 0 Å². The summed E-state index contributed by atoms with van der Waals surface area (Å²) in [6.45, 7) is 0.510. The number of carbonyl (C=O) groups is 1. The number of hydrogen-bond donors (Lipinski definition) is 1. The summed E-state index contributed by atoms with van der Waals surface area (Å²) in [7, 11) is 0. The van der Waals surface area contributed by atoms with E-state index in [-0.39, 0.29) is 6.61 Å². The van der Waals surface area contributed by atoms with Crippen LogP contribution in [-0.2, 0) is 0 Å². The molecule has 1 aromatic rings. The Balaban J connectivity index is 2.27. The average molecular weight is 237 g/mol. The standard InChI is InChI=1S/C13H16FNO2/c14-11-6-10(9-17)7-13(8-11)15(4-5-16)12-2-1-3-12/h6-9,12,16H,1-5H2. The van der Waals surface area contributed by atoms with Crippen molar-refractivity contribution in [1.82, 2.24) is 0 Å². The van der Waals surface area contributed by atoms with Gasteiger partial charge in [-0.05, 0) is 37.5 Å². The molecule has 0 unspecified atom stereocenters. The van der Waals surface area contributed by atoms with E-state index < -0.39 is 5.82 Å². The molecule has 0 spiro atoms. The zero-order valence-electron chi connectivity index (χ0n) is 9.60. The number of aliphatic hydroxyl groups is 1. The molecule has 1 fully saturated rings. The van der Waals surface area contributed by atoms with Crippen LogP contribution >= 0.6 is 0 Å². The van der Waals surface area contributed by atoms with Crippen molar-refractivity contribution in [3.05, 3.63) is 29.6 Å². The first-order chi connectivity index (χ1) is 8.24. The van der Waals surface area contributed by atoms with E-state index in [2.05, 4.69) is 0 Å². The molecule has 0 radical (unpaired) electrons. The monoisotopic (exact) mass is 237 g/mol. The van der Waals surface area contributed by atoms with Gasteiger partial charge in [-0.1, -0.05) is 0 Å². The van der Waals surface area contributed by atoms with Crippen LogP contribution in [0.5, 0.6) is 0 Å². The SMILES string of the molecule is O=Cc1cc(F)cc(N(CCO)C2CCC2)c1. The van der Waals surface area contributed by atoms with E-state index in [4.69, 9.17) is 5.11 Å². The largest absolute Gasteiger partial charge is 0.395 e. The lowest BCUT2D eigenvalue weighted by atomic mass is 9.91. The molecule has 1 saturated carbocycles. The number of anilines is 1. The minimum atomic E-state index is -0.410. The van der Waals surface area contributed by atoms with Gasteiger partial charge in [-0.15, -0.1) is 0 Å². The lowest BCUT2D eigenvalue weighted by Gasteiger charge is -2.39. The highest BCUT2D eigenvalue weighted by Gasteiger charge is 2.25. The number of aldehydes is 1. The molecule has 0 atom stereocenters. The fourth-order valence-corrected chi connectivity index (χ4v) is 2.16. The van der Waals surface area contributed by atoms with Gasteiger partial charge in [0.1, 0.15) is 12.1 Å². The predicted molar refractivity (Wildman–Crippen MR) is 63.9 cm³/mol. The van der Waals surface area contributed by atoms with Gasteiger partial charge in [-0.2, -0.15) is 0 Å². The Morgan fingerprint density at radius 3 is 2.71 bits per heavy atom. The number of halogens is 1. The average Bonchev–Trinajstić information content (AvgIpc) is 2.25. The Morgan fingerprint density at radius 1 is 1.41 bits per heavy atom. The van der Waals surface area contributed by atoms with Crippen molar-refractivity contribution in [2.75, 3.05) is 18.1 Å². The third-order valence-electron chi connectivity index (χ3n) is 3.23. The van der Waals surface area contributed by atoms with Crippen molar-refractivity contribution < 1.29 is 14.3 Å². The molecule has 0 aromatic heterocycles. The number of aliphatic hydroxyl groups excluding tert-OH is 1. The van der Waals surface area contributed by atoms with Crippen LogP contribution in [0.4, 0.5) is 10.1 Å². The van der Waals surface area contributed by atoms with Crippen molar-refractivity contribution in [3.63, 3.8) is 0 Å². The topological polar surface area (TPSA) is 40.5 Å². The third-order valence-corrected chi connectivity index (χ3v) is 3.23. The molecule has 0 saturated heterocycles. The minimum absolute atomic E-state index is 0.0312. The Labute approximate surface area is 99.9 Å². The maximum Gasteiger partial charge on any atom is 0.150 e. The number of nitrogens with zero attached hydrogens (tertiary/aromatic N) is 1. The van der Waals surface area contributed by atoms with E-state index in [1.807, 2.05) is 4.90 Å². The summed E-state index contributed by atoms with van der Waals surface area (Å²) >= 11 is 0. The molecule has 1 aromatic carbocycles. The molecule has 0 amide bonds. The molecule has 0 bridgehead atoms. The van der Waals surface area contributed by atoms with Crippen molar-refractivity contribution in [2.45, 2.75) is 25.3 Å². The molecule has 1 aliphatic carbocycles. The predicted octanol–water partition coefficient (Wildman–Crippen LogP) is 1.99. The van der Waals surface area contributed by atoms with E-state index in [0.29, 0.717) is 30.1 Å². The first kappa shape index (κ1) is 12.0. The first-order valence-corrected chi connectivity index (χ1v) is 5.88. The van der Waals surface area contributed by atoms with E-state index in [0.717, 1.165) is 12.8 Å².